The van der Waals surface area contributed by atoms with Crippen molar-refractivity contribution in [3.8, 4) is 0 Å². The van der Waals surface area contributed by atoms with E-state index in [-0.39, 0.29) is 0 Å². The van der Waals surface area contributed by atoms with Crippen LogP contribution in [0.2, 0.25) is 0 Å². The van der Waals surface area contributed by atoms with Gasteiger partial charge < -0.3 is 0 Å². The molecule has 0 saturated heterocycles. The summed E-state index contributed by atoms with van der Waals surface area (Å²) in [4.78, 5) is 0. The minimum absolute atomic E-state index is 0.795. The summed E-state index contributed by atoms with van der Waals surface area (Å²) in [5, 5.41) is 0. The SMILES string of the molecule is CC1=CI(C2CCCCC2)C(C)=C1.CCCCCC. The largest absolute Gasteiger partial charge is 0.0654 e. The van der Waals surface area contributed by atoms with Crippen molar-refractivity contribution >= 4 is 19.8 Å². The normalized spacial score (nSPS) is 21.6. The number of hydrogen-bond donors (Lipinski definition) is 0. The number of allylic oxidation sites excluding steroid dienone is 3. The minimum Gasteiger partial charge on any atom is -0.0654 e. The Morgan fingerprint density at radius 3 is 2.00 bits per heavy atom. The molecule has 0 unspecified atom stereocenters. The second-order valence-corrected chi connectivity index (χ2v) is 11.9. The van der Waals surface area contributed by atoms with Gasteiger partial charge in [0.2, 0.25) is 0 Å². The molecule has 1 fully saturated rings. The van der Waals surface area contributed by atoms with E-state index in [4.69, 9.17) is 0 Å². The van der Waals surface area contributed by atoms with Crippen molar-refractivity contribution in [2.75, 3.05) is 0 Å². The van der Waals surface area contributed by atoms with E-state index >= 15 is 0 Å². The summed E-state index contributed by atoms with van der Waals surface area (Å²) in [6, 6.07) is 0. The van der Waals surface area contributed by atoms with Gasteiger partial charge in [-0.15, -0.1) is 0 Å². The molecule has 0 nitrogen and oxygen atoms in total. The van der Waals surface area contributed by atoms with Crippen LogP contribution in [0.1, 0.15) is 85.5 Å². The molecule has 0 aromatic rings. The molecule has 0 bridgehead atoms. The third kappa shape index (κ3) is 6.46. The smallest absolute Gasteiger partial charge is 0.0536 e. The fourth-order valence-corrected chi connectivity index (χ4v) is 9.50. The van der Waals surface area contributed by atoms with Crippen LogP contribution in [0, 0.1) is 0 Å². The topological polar surface area (TPSA) is 0 Å². The van der Waals surface area contributed by atoms with Crippen molar-refractivity contribution in [2.45, 2.75) is 89.4 Å². The molecule has 0 N–H and O–H groups in total. The Bertz CT molecular complexity index is 291. The van der Waals surface area contributed by atoms with E-state index in [9.17, 15) is 0 Å². The van der Waals surface area contributed by atoms with Gasteiger partial charge in [0, 0.05) is 0 Å². The van der Waals surface area contributed by atoms with Gasteiger partial charge in [0.15, 0.2) is 0 Å². The Morgan fingerprint density at radius 1 is 1.00 bits per heavy atom. The maximum absolute atomic E-state index is 2.63. The van der Waals surface area contributed by atoms with Crippen LogP contribution in [0.15, 0.2) is 19.3 Å². The van der Waals surface area contributed by atoms with Crippen LogP contribution in [0.3, 0.4) is 0 Å². The van der Waals surface area contributed by atoms with Gasteiger partial charge in [-0.2, -0.15) is 0 Å². The quantitative estimate of drug-likeness (QED) is 0.276. The molecule has 0 amide bonds. The first kappa shape index (κ1) is 17.3. The Labute approximate surface area is 128 Å². The molecule has 2 rings (SSSR count). The summed E-state index contributed by atoms with van der Waals surface area (Å²) in [6.45, 7) is 9.10. The molecule has 0 spiro atoms. The van der Waals surface area contributed by atoms with Crippen LogP contribution in [0.25, 0.3) is 0 Å². The summed E-state index contributed by atoms with van der Waals surface area (Å²) < 4.78 is 5.51. The van der Waals surface area contributed by atoms with Crippen LogP contribution in [-0.2, 0) is 0 Å². The van der Waals surface area contributed by atoms with Gasteiger partial charge >= 0.3 is 89.0 Å². The molecule has 19 heavy (non-hydrogen) atoms. The first-order valence-electron chi connectivity index (χ1n) is 8.22. The second kappa shape index (κ2) is 10.0. The summed E-state index contributed by atoms with van der Waals surface area (Å²) in [6.07, 6.45) is 15.5. The Hall–Kier alpha value is 0.210. The molecule has 0 radical (unpaired) electrons. The number of alkyl halides is 1. The van der Waals surface area contributed by atoms with Crippen LogP contribution in [0.5, 0.6) is 0 Å². The van der Waals surface area contributed by atoms with E-state index in [1.807, 2.05) is 0 Å². The molecule has 1 heterocycles. The molecular formula is C18H33I. The maximum Gasteiger partial charge on any atom is -0.0536 e. The van der Waals surface area contributed by atoms with Gasteiger partial charge in [-0.1, -0.05) is 39.5 Å². The zero-order valence-corrected chi connectivity index (χ0v) is 15.6. The Kier molecular flexibility index (Phi) is 9.10. The zero-order chi connectivity index (χ0) is 14.1. The van der Waals surface area contributed by atoms with Gasteiger partial charge in [-0.25, -0.2) is 0 Å². The summed E-state index contributed by atoms with van der Waals surface area (Å²) in [7, 11) is 0. The van der Waals surface area contributed by atoms with Crippen LogP contribution in [0.4, 0.5) is 0 Å². The van der Waals surface area contributed by atoms with Gasteiger partial charge in [0.25, 0.3) is 0 Å². The zero-order valence-electron chi connectivity index (χ0n) is 13.5. The predicted octanol–water partition coefficient (Wildman–Crippen LogP) is 7.23. The molecule has 2 aliphatic rings. The number of unbranched alkanes of at least 4 members (excludes halogenated alkanes) is 3. The van der Waals surface area contributed by atoms with Gasteiger partial charge in [-0.3, -0.25) is 0 Å². The standard InChI is InChI=1S/C12H19I.C6H14/c1-10-8-11(2)13(9-10)12-6-4-3-5-7-12;1-3-5-6-4-2/h8-9,12H,3-7H2,1-2H3;3-6H2,1-2H3. The van der Waals surface area contributed by atoms with Crippen molar-refractivity contribution in [3.05, 3.63) is 19.3 Å². The van der Waals surface area contributed by atoms with Crippen molar-refractivity contribution in [3.63, 3.8) is 0 Å². The van der Waals surface area contributed by atoms with Crippen LogP contribution in [-0.4, -0.2) is 3.92 Å². The number of hydrogen-bond acceptors (Lipinski definition) is 0. The van der Waals surface area contributed by atoms with Crippen LogP contribution < -0.4 is 0 Å². The van der Waals surface area contributed by atoms with E-state index in [0.29, 0.717) is 0 Å². The van der Waals surface area contributed by atoms with Gasteiger partial charge in [0.1, 0.15) is 0 Å². The minimum atomic E-state index is -0.795. The van der Waals surface area contributed by atoms with Crippen molar-refractivity contribution in [1.29, 1.82) is 0 Å². The monoisotopic (exact) mass is 376 g/mol. The van der Waals surface area contributed by atoms with Gasteiger partial charge in [-0.05, 0) is 0 Å². The van der Waals surface area contributed by atoms with Crippen molar-refractivity contribution in [2.24, 2.45) is 0 Å². The molecule has 112 valence electrons. The fraction of sp³-hybridized carbons (Fsp3) is 0.778. The summed E-state index contributed by atoms with van der Waals surface area (Å²) >= 11 is -0.795. The van der Waals surface area contributed by atoms with Crippen molar-refractivity contribution < 1.29 is 0 Å². The third-order valence-electron chi connectivity index (χ3n) is 3.88. The molecule has 1 heteroatoms. The van der Waals surface area contributed by atoms with Gasteiger partial charge in [0.05, 0.1) is 0 Å². The molecule has 0 atom stereocenters. The van der Waals surface area contributed by atoms with E-state index in [1.54, 1.807) is 9.15 Å². The summed E-state index contributed by atoms with van der Waals surface area (Å²) in [5.74, 6) is 0. The third-order valence-corrected chi connectivity index (χ3v) is 11.0. The molecule has 1 aliphatic carbocycles. The van der Waals surface area contributed by atoms with E-state index in [2.05, 4.69) is 37.9 Å². The average Bonchev–Trinajstić information content (AvgIpc) is 2.77. The first-order chi connectivity index (χ1) is 9.19. The maximum atomic E-state index is 2.63. The number of halogens is 1. The molecular weight excluding hydrogens is 343 g/mol. The molecule has 1 saturated carbocycles. The first-order valence-corrected chi connectivity index (χ1v) is 11.8. The number of rotatable bonds is 4. The Morgan fingerprint density at radius 2 is 1.58 bits per heavy atom. The molecule has 1 aliphatic heterocycles. The Balaban J connectivity index is 0.000000258. The van der Waals surface area contributed by atoms with E-state index < -0.39 is 19.8 Å². The van der Waals surface area contributed by atoms with Crippen LogP contribution >= 0.6 is 19.8 Å². The summed E-state index contributed by atoms with van der Waals surface area (Å²) in [5.41, 5.74) is 1.55. The average molecular weight is 376 g/mol. The van der Waals surface area contributed by atoms with E-state index in [0.717, 1.165) is 3.92 Å². The van der Waals surface area contributed by atoms with E-state index in [1.165, 1.54) is 57.8 Å². The van der Waals surface area contributed by atoms with Crippen molar-refractivity contribution in [1.82, 2.24) is 0 Å². The fourth-order valence-electron chi connectivity index (χ4n) is 2.80. The molecule has 0 aromatic carbocycles. The predicted molar refractivity (Wildman–Crippen MR) is 98.2 cm³/mol. The molecule has 0 aromatic heterocycles. The second-order valence-electron chi connectivity index (χ2n) is 5.87.